The Hall–Kier alpha value is -4.11. The Kier molecular flexibility index (Phi) is 5.33. The van der Waals surface area contributed by atoms with Crippen LogP contribution in [0.5, 0.6) is 0 Å². The Morgan fingerprint density at radius 3 is 2.50 bits per heavy atom. The molecule has 0 amide bonds. The summed E-state index contributed by atoms with van der Waals surface area (Å²) in [5, 5.41) is 16.5. The minimum Gasteiger partial charge on any atom is -0.399 e. The normalized spacial score (nSPS) is 19.3. The molecular formula is C25H30N9+. The second-order valence-corrected chi connectivity index (χ2v) is 9.39. The van der Waals surface area contributed by atoms with Gasteiger partial charge in [0.25, 0.3) is 0 Å². The Labute approximate surface area is 198 Å². The maximum Gasteiger partial charge on any atom is 0.178 e. The molecule has 1 saturated heterocycles. The number of pyridine rings is 1. The third kappa shape index (κ3) is 4.25. The molecule has 1 aromatic carbocycles. The largest absolute Gasteiger partial charge is 0.399 e. The number of allylic oxidation sites excluding steroid dienone is 2. The quantitative estimate of drug-likeness (QED) is 0.273. The average molecular weight is 457 g/mol. The van der Waals surface area contributed by atoms with E-state index in [1.165, 1.54) is 0 Å². The highest BCUT2D eigenvalue weighted by atomic mass is 15.4. The molecule has 5 rings (SSSR count). The van der Waals surface area contributed by atoms with Crippen LogP contribution in [0, 0.1) is 5.41 Å². The zero-order valence-electron chi connectivity index (χ0n) is 19.5. The molecule has 3 aromatic rings. The van der Waals surface area contributed by atoms with Crippen molar-refractivity contribution in [3.63, 3.8) is 0 Å². The van der Waals surface area contributed by atoms with Crippen molar-refractivity contribution in [2.45, 2.75) is 0 Å². The number of benzene rings is 1. The Balaban J connectivity index is 1.54. The molecule has 1 aliphatic heterocycles. The summed E-state index contributed by atoms with van der Waals surface area (Å²) in [7, 11) is 4.51. The van der Waals surface area contributed by atoms with E-state index in [-0.39, 0.29) is 0 Å². The van der Waals surface area contributed by atoms with Gasteiger partial charge in [0.15, 0.2) is 5.82 Å². The number of fused-ring (bicyclic) bond motifs is 1. The van der Waals surface area contributed by atoms with Gasteiger partial charge in [-0.25, -0.2) is 9.51 Å². The number of piperazine rings is 1. The van der Waals surface area contributed by atoms with E-state index < -0.39 is 0 Å². The van der Waals surface area contributed by atoms with E-state index in [0.29, 0.717) is 28.5 Å². The minimum absolute atomic E-state index is 0.296. The first-order valence-electron chi connectivity index (χ1n) is 11.3. The van der Waals surface area contributed by atoms with E-state index in [0.717, 1.165) is 53.4 Å². The second kappa shape index (κ2) is 8.35. The molecule has 0 bridgehead atoms. The van der Waals surface area contributed by atoms with Gasteiger partial charge in [-0.2, -0.15) is 0 Å². The topological polar surface area (TPSA) is 121 Å². The predicted molar refractivity (Wildman–Crippen MR) is 139 cm³/mol. The van der Waals surface area contributed by atoms with Crippen LogP contribution in [-0.2, 0) is 0 Å². The molecule has 0 atom stereocenters. The number of nitrogen functional groups attached to an aromatic ring is 1. The van der Waals surface area contributed by atoms with Crippen LogP contribution in [0.4, 0.5) is 22.9 Å². The molecule has 0 saturated carbocycles. The van der Waals surface area contributed by atoms with E-state index >= 15 is 0 Å². The lowest BCUT2D eigenvalue weighted by atomic mass is 10.0. The van der Waals surface area contributed by atoms with Gasteiger partial charge in [0.1, 0.15) is 5.69 Å². The monoisotopic (exact) mass is 456 g/mol. The van der Waals surface area contributed by atoms with E-state index in [2.05, 4.69) is 24.3 Å². The van der Waals surface area contributed by atoms with Crippen LogP contribution in [0.25, 0.3) is 5.52 Å². The van der Waals surface area contributed by atoms with Crippen LogP contribution in [0.15, 0.2) is 77.2 Å². The number of nitrogens with two attached hydrogens (primary N) is 2. The first-order chi connectivity index (χ1) is 16.3. The van der Waals surface area contributed by atoms with Crippen molar-refractivity contribution in [1.82, 2.24) is 9.61 Å². The number of quaternary nitrogens is 1. The van der Waals surface area contributed by atoms with Gasteiger partial charge in [0, 0.05) is 17.6 Å². The highest BCUT2D eigenvalue weighted by Crippen LogP contribution is 2.34. The summed E-state index contributed by atoms with van der Waals surface area (Å²) in [4.78, 5) is 7.30. The number of hydrogen-bond donors (Lipinski definition) is 4. The van der Waals surface area contributed by atoms with Gasteiger partial charge in [-0.05, 0) is 48.6 Å². The van der Waals surface area contributed by atoms with Crippen molar-refractivity contribution in [1.29, 1.82) is 5.41 Å². The number of hydrogen-bond acceptors (Lipinski definition) is 7. The van der Waals surface area contributed by atoms with Crippen LogP contribution < -0.4 is 21.7 Å². The smallest absolute Gasteiger partial charge is 0.178 e. The number of rotatable bonds is 4. The summed E-state index contributed by atoms with van der Waals surface area (Å²) in [6, 6.07) is 13.4. The van der Waals surface area contributed by atoms with Gasteiger partial charge in [-0.3, -0.25) is 5.41 Å². The SMILES string of the molecule is C[N+]1(C)CCN(c2nn3ccccc3c2N=C2C=C(Nc3ccc(N)cc3)C(=N)C=C2N)CC1. The fourth-order valence-electron chi connectivity index (χ4n) is 4.16. The fourth-order valence-corrected chi connectivity index (χ4v) is 4.16. The van der Waals surface area contributed by atoms with Crippen LogP contribution in [0.2, 0.25) is 0 Å². The number of nitrogens with zero attached hydrogens (tertiary/aromatic N) is 5. The van der Waals surface area contributed by atoms with Crippen LogP contribution >= 0.6 is 0 Å². The number of anilines is 3. The highest BCUT2D eigenvalue weighted by molar-refractivity contribution is 6.24. The third-order valence-corrected chi connectivity index (χ3v) is 6.33. The van der Waals surface area contributed by atoms with Gasteiger partial charge in [0.05, 0.1) is 68.6 Å². The van der Waals surface area contributed by atoms with Crippen LogP contribution in [0.3, 0.4) is 0 Å². The Morgan fingerprint density at radius 2 is 1.76 bits per heavy atom. The number of nitrogens with one attached hydrogen (secondary N) is 2. The molecule has 9 heteroatoms. The zero-order valence-corrected chi connectivity index (χ0v) is 19.5. The number of aliphatic imine (C=N–C) groups is 1. The van der Waals surface area contributed by atoms with Crippen molar-refractivity contribution in [3.05, 3.63) is 72.2 Å². The predicted octanol–water partition coefficient (Wildman–Crippen LogP) is 2.76. The number of likely N-dealkylation sites (N-methyl/N-ethyl adjacent to an activating group) is 1. The molecule has 0 spiro atoms. The van der Waals surface area contributed by atoms with Crippen LogP contribution in [0.1, 0.15) is 0 Å². The first-order valence-corrected chi connectivity index (χ1v) is 11.3. The summed E-state index contributed by atoms with van der Waals surface area (Å²) in [6.45, 7) is 3.90. The standard InChI is InChI=1S/C25H30N9/c1-34(2)13-11-32(12-14-34)25-24(23-5-3-4-10-33(23)31-25)30-22-16-21(19(27)15-20(22)28)29-18-8-6-17(26)7-9-18/h3-10,15-16,27,29H,11-14,26,28H2,1-2H3/q+1. The molecule has 1 aliphatic carbocycles. The average Bonchev–Trinajstić information content (AvgIpc) is 3.17. The molecule has 0 radical (unpaired) electrons. The molecule has 0 unspecified atom stereocenters. The van der Waals surface area contributed by atoms with E-state index in [4.69, 9.17) is 27.0 Å². The maximum absolute atomic E-state index is 8.39. The lowest BCUT2D eigenvalue weighted by Crippen LogP contribution is -2.55. The van der Waals surface area contributed by atoms with E-state index in [9.17, 15) is 0 Å². The van der Waals surface area contributed by atoms with Crippen molar-refractivity contribution in [2.75, 3.05) is 56.2 Å². The minimum atomic E-state index is 0.296. The van der Waals surface area contributed by atoms with E-state index in [1.54, 1.807) is 6.08 Å². The van der Waals surface area contributed by atoms with E-state index in [1.807, 2.05) is 59.3 Å². The lowest BCUT2D eigenvalue weighted by Gasteiger charge is -2.39. The molecule has 34 heavy (non-hydrogen) atoms. The molecular weight excluding hydrogens is 426 g/mol. The zero-order chi connectivity index (χ0) is 23.9. The first kappa shape index (κ1) is 21.7. The van der Waals surface area contributed by atoms with Crippen molar-refractivity contribution in [3.8, 4) is 0 Å². The molecule has 2 aromatic heterocycles. The molecule has 2 aliphatic rings. The van der Waals surface area contributed by atoms with Gasteiger partial charge in [-0.15, -0.1) is 5.10 Å². The fraction of sp³-hybridized carbons (Fsp3) is 0.240. The Morgan fingerprint density at radius 1 is 1.03 bits per heavy atom. The maximum atomic E-state index is 8.39. The molecule has 3 heterocycles. The summed E-state index contributed by atoms with van der Waals surface area (Å²) in [5.41, 5.74) is 17.3. The van der Waals surface area contributed by atoms with Gasteiger partial charge in [0.2, 0.25) is 0 Å². The second-order valence-electron chi connectivity index (χ2n) is 9.39. The summed E-state index contributed by atoms with van der Waals surface area (Å²) in [5.74, 6) is 0.855. The number of aromatic nitrogens is 2. The van der Waals surface area contributed by atoms with Crippen molar-refractivity contribution < 1.29 is 4.48 Å². The molecule has 6 N–H and O–H groups in total. The van der Waals surface area contributed by atoms with Gasteiger partial charge < -0.3 is 26.2 Å². The van der Waals surface area contributed by atoms with Crippen LogP contribution in [-0.4, -0.2) is 65.8 Å². The highest BCUT2D eigenvalue weighted by Gasteiger charge is 2.28. The summed E-state index contributed by atoms with van der Waals surface area (Å²) in [6.07, 6.45) is 5.39. The Bertz CT molecular complexity index is 1330. The molecule has 174 valence electrons. The van der Waals surface area contributed by atoms with Crippen molar-refractivity contribution >= 4 is 39.8 Å². The lowest BCUT2D eigenvalue weighted by molar-refractivity contribution is -0.890. The van der Waals surface area contributed by atoms with Gasteiger partial charge >= 0.3 is 0 Å². The molecule has 9 nitrogen and oxygen atoms in total. The summed E-state index contributed by atoms with van der Waals surface area (Å²) < 4.78 is 2.86. The van der Waals surface area contributed by atoms with Crippen molar-refractivity contribution in [2.24, 2.45) is 10.7 Å². The molecule has 1 fully saturated rings. The summed E-state index contributed by atoms with van der Waals surface area (Å²) >= 11 is 0. The van der Waals surface area contributed by atoms with Gasteiger partial charge in [-0.1, -0.05) is 6.07 Å². The third-order valence-electron chi connectivity index (χ3n) is 6.33.